The van der Waals surface area contributed by atoms with Crippen LogP contribution in [0.5, 0.6) is 0 Å². The van der Waals surface area contributed by atoms with E-state index in [1.807, 2.05) is 0 Å². The molecule has 25 heavy (non-hydrogen) atoms. The van der Waals surface area contributed by atoms with Gasteiger partial charge in [-0.3, -0.25) is 9.52 Å². The van der Waals surface area contributed by atoms with Crippen LogP contribution in [0.4, 0.5) is 0 Å². The highest BCUT2D eigenvalue weighted by molar-refractivity contribution is 7.89. The molecule has 0 aliphatic carbocycles. The summed E-state index contributed by atoms with van der Waals surface area (Å²) in [4.78, 5) is 12.9. The molecule has 9 heteroatoms. The molecule has 3 rings (SSSR count). The van der Waals surface area contributed by atoms with E-state index in [-0.39, 0.29) is 5.69 Å². The molecule has 1 aliphatic rings. The number of hydrogen-bond donors (Lipinski definition) is 1. The molecule has 0 unspecified atom stereocenters. The third kappa shape index (κ3) is 4.02. The SMILES string of the molecule is O=C(NS(=O)(=O)Cc1ccon1)C1(c2cccc(Cl)c2)CCOCC1. The maximum Gasteiger partial charge on any atom is 0.244 e. The number of sulfonamides is 1. The van der Waals surface area contributed by atoms with Crippen LogP contribution >= 0.6 is 11.6 Å². The summed E-state index contributed by atoms with van der Waals surface area (Å²) in [6.07, 6.45) is 2.02. The average molecular weight is 385 g/mol. The minimum atomic E-state index is -3.91. The van der Waals surface area contributed by atoms with E-state index in [1.54, 1.807) is 24.3 Å². The zero-order valence-electron chi connectivity index (χ0n) is 13.3. The van der Waals surface area contributed by atoms with E-state index in [1.165, 1.54) is 12.3 Å². The van der Waals surface area contributed by atoms with E-state index in [0.717, 1.165) is 0 Å². The van der Waals surface area contributed by atoms with Crippen molar-refractivity contribution in [1.29, 1.82) is 0 Å². The molecule has 1 N–H and O–H groups in total. The van der Waals surface area contributed by atoms with Gasteiger partial charge in [0.05, 0.1) is 5.41 Å². The molecule has 1 saturated heterocycles. The summed E-state index contributed by atoms with van der Waals surface area (Å²) in [5, 5.41) is 4.05. The Labute approximate surface area is 150 Å². The van der Waals surface area contributed by atoms with Crippen molar-refractivity contribution in [3.63, 3.8) is 0 Å². The lowest BCUT2D eigenvalue weighted by molar-refractivity contribution is -0.128. The van der Waals surface area contributed by atoms with Crippen molar-refractivity contribution in [2.45, 2.75) is 24.0 Å². The fourth-order valence-electron chi connectivity index (χ4n) is 2.93. The molecule has 2 aromatic rings. The molecule has 0 radical (unpaired) electrons. The molecular weight excluding hydrogens is 368 g/mol. The Morgan fingerprint density at radius 3 is 2.68 bits per heavy atom. The minimum Gasteiger partial charge on any atom is -0.381 e. The monoisotopic (exact) mass is 384 g/mol. The predicted molar refractivity (Wildman–Crippen MR) is 90.5 cm³/mol. The van der Waals surface area contributed by atoms with Crippen LogP contribution in [-0.4, -0.2) is 32.7 Å². The van der Waals surface area contributed by atoms with Crippen LogP contribution in [0.25, 0.3) is 0 Å². The molecule has 1 amide bonds. The van der Waals surface area contributed by atoms with Gasteiger partial charge in [-0.1, -0.05) is 28.9 Å². The number of halogens is 1. The molecule has 0 atom stereocenters. The maximum absolute atomic E-state index is 12.9. The maximum atomic E-state index is 12.9. The highest BCUT2D eigenvalue weighted by Crippen LogP contribution is 2.36. The van der Waals surface area contributed by atoms with Gasteiger partial charge in [-0.2, -0.15) is 0 Å². The fourth-order valence-corrected chi connectivity index (χ4v) is 4.21. The quantitative estimate of drug-likeness (QED) is 0.846. The first-order valence-electron chi connectivity index (χ1n) is 7.69. The van der Waals surface area contributed by atoms with Gasteiger partial charge < -0.3 is 9.26 Å². The van der Waals surface area contributed by atoms with Gasteiger partial charge in [-0.05, 0) is 30.5 Å². The van der Waals surface area contributed by atoms with Crippen molar-refractivity contribution in [3.8, 4) is 0 Å². The first-order valence-corrected chi connectivity index (χ1v) is 9.72. The van der Waals surface area contributed by atoms with Crippen LogP contribution < -0.4 is 4.72 Å². The summed E-state index contributed by atoms with van der Waals surface area (Å²) in [7, 11) is -3.91. The second-order valence-corrected chi connectivity index (χ2v) is 8.04. The van der Waals surface area contributed by atoms with Crippen molar-refractivity contribution in [1.82, 2.24) is 9.88 Å². The highest BCUT2D eigenvalue weighted by Gasteiger charge is 2.43. The van der Waals surface area contributed by atoms with Crippen LogP contribution in [0, 0.1) is 0 Å². The standard InChI is InChI=1S/C16H17ClN2O5S/c17-13-3-1-2-12(10-13)16(5-8-23-9-6-16)15(20)19-25(21,22)11-14-4-7-24-18-14/h1-4,7,10H,5-6,8-9,11H2,(H,19,20). The third-order valence-corrected chi connectivity index (χ3v) is 5.64. The average Bonchev–Trinajstić information content (AvgIpc) is 3.07. The molecule has 7 nitrogen and oxygen atoms in total. The Kier molecular flexibility index (Phi) is 5.12. The Balaban J connectivity index is 1.87. The summed E-state index contributed by atoms with van der Waals surface area (Å²) in [6.45, 7) is 0.729. The number of nitrogens with zero attached hydrogens (tertiary/aromatic N) is 1. The smallest absolute Gasteiger partial charge is 0.244 e. The predicted octanol–water partition coefficient (Wildman–Crippen LogP) is 2.02. The number of nitrogens with one attached hydrogen (secondary N) is 1. The minimum absolute atomic E-state index is 0.226. The van der Waals surface area contributed by atoms with Crippen molar-refractivity contribution in [2.24, 2.45) is 0 Å². The lowest BCUT2D eigenvalue weighted by Crippen LogP contribution is -2.50. The van der Waals surface area contributed by atoms with Gasteiger partial charge in [0.1, 0.15) is 17.7 Å². The number of ether oxygens (including phenoxy) is 1. The molecule has 2 heterocycles. The summed E-state index contributed by atoms with van der Waals surface area (Å²) in [5.41, 5.74) is -0.0958. The van der Waals surface area contributed by atoms with Crippen LogP contribution in [0.3, 0.4) is 0 Å². The van der Waals surface area contributed by atoms with E-state index >= 15 is 0 Å². The van der Waals surface area contributed by atoms with Gasteiger partial charge in [0.2, 0.25) is 15.9 Å². The van der Waals surface area contributed by atoms with Gasteiger partial charge in [0, 0.05) is 24.3 Å². The van der Waals surface area contributed by atoms with Crippen LogP contribution in [-0.2, 0) is 30.7 Å². The van der Waals surface area contributed by atoms with Gasteiger partial charge in [0.25, 0.3) is 0 Å². The Hall–Kier alpha value is -1.90. The summed E-state index contributed by atoms with van der Waals surface area (Å²) in [6, 6.07) is 8.35. The van der Waals surface area contributed by atoms with Gasteiger partial charge in [0.15, 0.2) is 0 Å². The molecule has 1 aliphatic heterocycles. The summed E-state index contributed by atoms with van der Waals surface area (Å²) < 4.78 is 36.8. The van der Waals surface area contributed by atoms with Crippen molar-refractivity contribution in [2.75, 3.05) is 13.2 Å². The van der Waals surface area contributed by atoms with Gasteiger partial charge in [-0.15, -0.1) is 0 Å². The number of rotatable bonds is 5. The lowest BCUT2D eigenvalue weighted by atomic mass is 9.73. The first kappa shape index (κ1) is 17.9. The molecule has 0 spiro atoms. The number of aromatic nitrogens is 1. The number of benzene rings is 1. The number of carbonyl (C=O) groups excluding carboxylic acids is 1. The molecule has 0 bridgehead atoms. The molecular formula is C16H17ClN2O5S. The van der Waals surface area contributed by atoms with Crippen molar-refractivity contribution in [3.05, 3.63) is 52.9 Å². The lowest BCUT2D eigenvalue weighted by Gasteiger charge is -2.36. The van der Waals surface area contributed by atoms with E-state index in [2.05, 4.69) is 14.4 Å². The van der Waals surface area contributed by atoms with E-state index in [9.17, 15) is 13.2 Å². The molecule has 1 fully saturated rings. The Bertz CT molecular complexity index is 845. The number of carbonyl (C=O) groups is 1. The Morgan fingerprint density at radius 2 is 2.04 bits per heavy atom. The molecule has 0 saturated carbocycles. The molecule has 134 valence electrons. The number of amides is 1. The largest absolute Gasteiger partial charge is 0.381 e. The summed E-state index contributed by atoms with van der Waals surface area (Å²) >= 11 is 6.06. The van der Waals surface area contributed by atoms with Gasteiger partial charge in [-0.25, -0.2) is 8.42 Å². The summed E-state index contributed by atoms with van der Waals surface area (Å²) in [5.74, 6) is -1.02. The van der Waals surface area contributed by atoms with Crippen LogP contribution in [0.1, 0.15) is 24.1 Å². The normalized spacial score (nSPS) is 17.2. The van der Waals surface area contributed by atoms with Crippen molar-refractivity contribution < 1.29 is 22.5 Å². The zero-order chi connectivity index (χ0) is 17.9. The van der Waals surface area contributed by atoms with E-state index in [0.29, 0.717) is 36.6 Å². The fraction of sp³-hybridized carbons (Fsp3) is 0.375. The third-order valence-electron chi connectivity index (χ3n) is 4.24. The number of hydrogen-bond acceptors (Lipinski definition) is 6. The van der Waals surface area contributed by atoms with Crippen LogP contribution in [0.2, 0.25) is 5.02 Å². The molecule has 1 aromatic carbocycles. The van der Waals surface area contributed by atoms with E-state index in [4.69, 9.17) is 16.3 Å². The second-order valence-electron chi connectivity index (χ2n) is 5.89. The van der Waals surface area contributed by atoms with Crippen LogP contribution in [0.15, 0.2) is 41.1 Å². The molecule has 1 aromatic heterocycles. The topological polar surface area (TPSA) is 98.5 Å². The van der Waals surface area contributed by atoms with E-state index < -0.39 is 27.1 Å². The zero-order valence-corrected chi connectivity index (χ0v) is 14.8. The highest BCUT2D eigenvalue weighted by atomic mass is 35.5. The second kappa shape index (κ2) is 7.15. The Morgan fingerprint density at radius 1 is 1.28 bits per heavy atom. The first-order chi connectivity index (χ1) is 11.9. The van der Waals surface area contributed by atoms with Crippen molar-refractivity contribution >= 4 is 27.5 Å². The van der Waals surface area contributed by atoms with Gasteiger partial charge >= 0.3 is 0 Å².